The second-order valence-electron chi connectivity index (χ2n) is 11.6. The number of amides is 1. The number of nitrogens with zero attached hydrogens (tertiary/aromatic N) is 4. The number of carbonyl (C=O) groups excluding carboxylic acids is 2. The Morgan fingerprint density at radius 1 is 1.21 bits per heavy atom. The van der Waals surface area contributed by atoms with Crippen LogP contribution in [0.15, 0.2) is 23.9 Å². The molecule has 2 fully saturated rings. The van der Waals surface area contributed by atoms with E-state index in [1.807, 2.05) is 20.8 Å². The number of nitrogens with one attached hydrogen (secondary N) is 1. The molecular weight excluding hydrogens is 543 g/mol. The maximum absolute atomic E-state index is 15.2. The number of likely N-dealkylation sites (tertiary alicyclic amines) is 1. The Hall–Kier alpha value is -3.77. The summed E-state index contributed by atoms with van der Waals surface area (Å²) < 4.78 is 26.3. The minimum Gasteiger partial charge on any atom is -0.491 e. The fraction of sp³-hybridized carbons (Fsp3) is 0.533. The van der Waals surface area contributed by atoms with E-state index in [0.29, 0.717) is 61.2 Å². The number of nitrogens with two attached hydrogens (primary N) is 1. The van der Waals surface area contributed by atoms with Gasteiger partial charge < -0.3 is 35.4 Å². The maximum atomic E-state index is 15.2. The van der Waals surface area contributed by atoms with E-state index in [2.05, 4.69) is 15.2 Å². The number of hydrogen-bond acceptors (Lipinski definition) is 10. The number of anilines is 1. The molecule has 2 aromatic rings. The Labute approximate surface area is 245 Å². The highest BCUT2D eigenvalue weighted by Crippen LogP contribution is 2.43. The third-order valence-electron chi connectivity index (χ3n) is 7.55. The Balaban J connectivity index is 1.68. The van der Waals surface area contributed by atoms with Gasteiger partial charge in [0.25, 0.3) is 0 Å². The number of rotatable bonds is 10. The van der Waals surface area contributed by atoms with Crippen molar-refractivity contribution in [2.45, 2.75) is 53.2 Å². The molecule has 1 atom stereocenters. The highest BCUT2D eigenvalue weighted by Gasteiger charge is 2.50. The Morgan fingerprint density at radius 3 is 2.55 bits per heavy atom. The summed E-state index contributed by atoms with van der Waals surface area (Å²) in [7, 11) is 1.72. The topological polar surface area (TPSA) is 143 Å². The number of aliphatic hydroxyl groups is 1. The Bertz CT molecular complexity index is 1370. The van der Waals surface area contributed by atoms with E-state index >= 15 is 4.39 Å². The number of hydrogen-bond donors (Lipinski definition) is 3. The molecule has 0 bridgehead atoms. The first-order valence-corrected chi connectivity index (χ1v) is 14.2. The summed E-state index contributed by atoms with van der Waals surface area (Å²) in [5.41, 5.74) is 7.66. The molecule has 2 aliphatic heterocycles. The largest absolute Gasteiger partial charge is 0.491 e. The lowest BCUT2D eigenvalue weighted by Gasteiger charge is -2.49. The highest BCUT2D eigenvalue weighted by molar-refractivity contribution is 6.20. The molecule has 0 unspecified atom stereocenters. The first-order valence-electron chi connectivity index (χ1n) is 14.2. The van der Waals surface area contributed by atoms with Crippen molar-refractivity contribution >= 4 is 23.3 Å². The number of aliphatic hydroxyl groups excluding tert-OH is 1. The van der Waals surface area contributed by atoms with Crippen molar-refractivity contribution in [1.29, 1.82) is 0 Å². The molecule has 0 aliphatic carbocycles. The summed E-state index contributed by atoms with van der Waals surface area (Å²) in [4.78, 5) is 38.4. The third kappa shape index (κ3) is 6.65. The number of allylic oxidation sites excluding steroid dienone is 2. The molecule has 3 heterocycles. The van der Waals surface area contributed by atoms with Gasteiger partial charge in [-0.25, -0.2) is 19.2 Å². The molecule has 42 heavy (non-hydrogen) atoms. The molecule has 12 heteroatoms. The SMILES string of the molecule is CNC[C@@H](O)COc1ccc(F)c(-c2nc(C(C(C)=O)=C(C)N)c(C)c(N3CC4(CCN(C(=O)OC(C)C)C4)C3)n2)c1. The van der Waals surface area contributed by atoms with Gasteiger partial charge in [0, 0.05) is 49.4 Å². The summed E-state index contributed by atoms with van der Waals surface area (Å²) in [5.74, 6) is 0.165. The van der Waals surface area contributed by atoms with Crippen molar-refractivity contribution in [3.05, 3.63) is 41.0 Å². The van der Waals surface area contributed by atoms with E-state index in [0.717, 1.165) is 6.42 Å². The second kappa shape index (κ2) is 12.6. The van der Waals surface area contributed by atoms with Crippen LogP contribution in [0.25, 0.3) is 17.0 Å². The van der Waals surface area contributed by atoms with Gasteiger partial charge in [-0.3, -0.25) is 4.79 Å². The highest BCUT2D eigenvalue weighted by atomic mass is 19.1. The zero-order valence-electron chi connectivity index (χ0n) is 25.2. The van der Waals surface area contributed by atoms with Gasteiger partial charge in [0.05, 0.1) is 22.9 Å². The zero-order valence-corrected chi connectivity index (χ0v) is 25.2. The second-order valence-corrected chi connectivity index (χ2v) is 11.6. The van der Waals surface area contributed by atoms with Crippen LogP contribution < -0.4 is 20.7 Å². The molecular formula is C30H41FN6O5. The van der Waals surface area contributed by atoms with Crippen molar-refractivity contribution < 1.29 is 28.6 Å². The van der Waals surface area contributed by atoms with Crippen LogP contribution in [0.2, 0.25) is 0 Å². The fourth-order valence-electron chi connectivity index (χ4n) is 5.60. The summed E-state index contributed by atoms with van der Waals surface area (Å²) in [5, 5.41) is 12.9. The van der Waals surface area contributed by atoms with Gasteiger partial charge >= 0.3 is 6.09 Å². The van der Waals surface area contributed by atoms with Crippen LogP contribution in [-0.2, 0) is 9.53 Å². The molecule has 2 saturated heterocycles. The van der Waals surface area contributed by atoms with E-state index in [1.165, 1.54) is 25.1 Å². The lowest BCUT2D eigenvalue weighted by molar-refractivity contribution is -0.111. The number of carbonyl (C=O) groups is 2. The van der Waals surface area contributed by atoms with Crippen molar-refractivity contribution in [1.82, 2.24) is 20.2 Å². The fourth-order valence-corrected chi connectivity index (χ4v) is 5.60. The molecule has 1 spiro atoms. The van der Waals surface area contributed by atoms with Crippen molar-refractivity contribution in [3.63, 3.8) is 0 Å². The number of ketones is 1. The monoisotopic (exact) mass is 584 g/mol. The van der Waals surface area contributed by atoms with Gasteiger partial charge in [-0.1, -0.05) is 0 Å². The lowest BCUT2D eigenvalue weighted by Crippen LogP contribution is -2.58. The van der Waals surface area contributed by atoms with Crippen molar-refractivity contribution in [2.24, 2.45) is 11.1 Å². The van der Waals surface area contributed by atoms with Gasteiger partial charge in [0.1, 0.15) is 30.1 Å². The van der Waals surface area contributed by atoms with Gasteiger partial charge in [0.2, 0.25) is 0 Å². The van der Waals surface area contributed by atoms with Gasteiger partial charge in [-0.2, -0.15) is 0 Å². The molecule has 0 radical (unpaired) electrons. The van der Waals surface area contributed by atoms with Crippen LogP contribution in [0.4, 0.5) is 15.0 Å². The molecule has 4 N–H and O–H groups in total. The Morgan fingerprint density at radius 2 is 1.93 bits per heavy atom. The van der Waals surface area contributed by atoms with Crippen molar-refractivity contribution in [2.75, 3.05) is 51.3 Å². The third-order valence-corrected chi connectivity index (χ3v) is 7.55. The zero-order chi connectivity index (χ0) is 30.8. The predicted octanol–water partition coefficient (Wildman–Crippen LogP) is 2.89. The summed E-state index contributed by atoms with van der Waals surface area (Å²) in [6.45, 7) is 11.3. The molecule has 0 saturated carbocycles. The number of aromatic nitrogens is 2. The van der Waals surface area contributed by atoms with Crippen LogP contribution in [0, 0.1) is 18.2 Å². The average Bonchev–Trinajstić information content (AvgIpc) is 3.34. The van der Waals surface area contributed by atoms with Gasteiger partial charge in [-0.15, -0.1) is 0 Å². The molecule has 1 amide bonds. The smallest absolute Gasteiger partial charge is 0.410 e. The lowest BCUT2D eigenvalue weighted by atomic mass is 9.79. The number of Topliss-reactive ketones (excluding diaryl/α,β-unsaturated/α-hetero) is 1. The maximum Gasteiger partial charge on any atom is 0.410 e. The molecule has 228 valence electrons. The number of likely N-dealkylation sites (N-methyl/N-ethyl adjacent to an activating group) is 1. The molecule has 4 rings (SSSR count). The standard InChI is InChI=1S/C30H41FN6O5/c1-17(2)42-29(40)36-10-9-30(14-36)15-37(16-30)28-18(3)26(25(19(4)32)20(5)38)34-27(35-28)23-11-22(7-8-24(23)31)41-13-21(39)12-33-6/h7-8,11,17,21,33,39H,9-10,12-16,32H2,1-6H3/t21-/m1/s1. The van der Waals surface area contributed by atoms with Crippen LogP contribution in [0.5, 0.6) is 5.75 Å². The average molecular weight is 585 g/mol. The predicted molar refractivity (Wildman–Crippen MR) is 158 cm³/mol. The van der Waals surface area contributed by atoms with E-state index in [-0.39, 0.29) is 47.0 Å². The van der Waals surface area contributed by atoms with Crippen LogP contribution >= 0.6 is 0 Å². The summed E-state index contributed by atoms with van der Waals surface area (Å²) in [6, 6.07) is 4.22. The van der Waals surface area contributed by atoms with Crippen LogP contribution in [0.1, 0.15) is 45.4 Å². The summed E-state index contributed by atoms with van der Waals surface area (Å²) in [6.07, 6.45) is -0.418. The quantitative estimate of drug-likeness (QED) is 0.357. The molecule has 1 aromatic heterocycles. The van der Waals surface area contributed by atoms with Gasteiger partial charge in [0.15, 0.2) is 11.6 Å². The first-order chi connectivity index (χ1) is 19.8. The number of ether oxygens (including phenoxy) is 2. The van der Waals surface area contributed by atoms with E-state index in [9.17, 15) is 14.7 Å². The normalized spacial score (nSPS) is 17.3. The van der Waals surface area contributed by atoms with Crippen LogP contribution in [-0.4, -0.2) is 90.4 Å². The Kier molecular flexibility index (Phi) is 9.37. The van der Waals surface area contributed by atoms with E-state index < -0.39 is 11.9 Å². The van der Waals surface area contributed by atoms with Crippen molar-refractivity contribution in [3.8, 4) is 17.1 Å². The minimum absolute atomic E-state index is 0.0122. The van der Waals surface area contributed by atoms with E-state index in [1.54, 1.807) is 18.9 Å². The summed E-state index contributed by atoms with van der Waals surface area (Å²) >= 11 is 0. The van der Waals surface area contributed by atoms with Crippen LogP contribution in [0.3, 0.4) is 0 Å². The number of halogens is 1. The molecule has 2 aliphatic rings. The number of benzene rings is 1. The molecule has 11 nitrogen and oxygen atoms in total. The van der Waals surface area contributed by atoms with E-state index in [4.69, 9.17) is 20.2 Å². The minimum atomic E-state index is -0.745. The first kappa shape index (κ1) is 31.2. The molecule has 1 aromatic carbocycles. The van der Waals surface area contributed by atoms with Gasteiger partial charge in [-0.05, 0) is 66.3 Å².